The van der Waals surface area contributed by atoms with E-state index >= 15 is 0 Å². The number of nitrogens with zero attached hydrogens (tertiary/aromatic N) is 7. The third-order valence-electron chi connectivity index (χ3n) is 20.8. The van der Waals surface area contributed by atoms with Gasteiger partial charge in [-0.2, -0.15) is 13.5 Å². The lowest BCUT2D eigenvalue weighted by Gasteiger charge is -2.69. The number of fused-ring (bicyclic) bond motifs is 2. The molecule has 3 aliphatic heterocycles. The molecule has 6 heterocycles. The molecule has 33 heteroatoms. The fourth-order valence-corrected chi connectivity index (χ4v) is 18.6. The van der Waals surface area contributed by atoms with Crippen LogP contribution in [0.25, 0.3) is 21.3 Å². The molecule has 6 aromatic rings. The third kappa shape index (κ3) is 17.5. The third-order valence-corrected chi connectivity index (χ3v) is 22.5. The molecule has 9 atom stereocenters. The van der Waals surface area contributed by atoms with Crippen LogP contribution in [0, 0.1) is 23.2 Å². The number of aliphatic hydroxyl groups excluding tert-OH is 4. The molecule has 0 spiro atoms. The first-order valence-electron chi connectivity index (χ1n) is 35.2. The molecule has 13 rings (SSSR count). The number of ether oxygens (including phenoxy) is 5. The summed E-state index contributed by atoms with van der Waals surface area (Å²) >= 11 is 1.40. The van der Waals surface area contributed by atoms with Gasteiger partial charge in [-0.25, -0.2) is 24.4 Å². The average molecular weight is 1510 g/mol. The van der Waals surface area contributed by atoms with Gasteiger partial charge in [-0.15, -0.1) is 0 Å². The van der Waals surface area contributed by atoms with Crippen molar-refractivity contribution in [2.75, 3.05) is 62.4 Å². The van der Waals surface area contributed by atoms with E-state index in [1.165, 1.54) is 46.6 Å². The molecule has 5 fully saturated rings. The molecule has 568 valence electrons. The molecule has 1 saturated heterocycles. The van der Waals surface area contributed by atoms with E-state index in [1.54, 1.807) is 25.4 Å². The minimum atomic E-state index is -4.73. The number of carboxylic acids is 2. The number of thiazole rings is 1. The second-order valence-electron chi connectivity index (χ2n) is 29.5. The quantitative estimate of drug-likeness (QED) is 0.0106. The number of nitrogens with one attached hydrogen (secondary N) is 3. The number of aliphatic carboxylic acids is 1. The number of aliphatic hydroxyl groups is 4. The summed E-state index contributed by atoms with van der Waals surface area (Å²) in [6, 6.07) is 19.5. The van der Waals surface area contributed by atoms with E-state index in [2.05, 4.69) is 34.8 Å². The number of carboxylic acid groups (broad SMARTS) is 2. The van der Waals surface area contributed by atoms with Gasteiger partial charge in [0.25, 0.3) is 27.8 Å². The van der Waals surface area contributed by atoms with Crippen LogP contribution in [-0.2, 0) is 69.6 Å². The van der Waals surface area contributed by atoms with E-state index in [9.17, 15) is 77.2 Å². The van der Waals surface area contributed by atoms with Gasteiger partial charge in [-0.3, -0.25) is 43.9 Å². The number of amides is 5. The molecule has 3 aromatic heterocycles. The number of anilines is 2. The van der Waals surface area contributed by atoms with E-state index < -0.39 is 100 Å². The van der Waals surface area contributed by atoms with Crippen molar-refractivity contribution in [2.24, 2.45) is 16.2 Å². The molecular weight excluding hydrogens is 1420 g/mol. The molecule has 7 aliphatic rings. The first-order valence-corrected chi connectivity index (χ1v) is 37.7. The Morgan fingerprint density at radius 2 is 1.60 bits per heavy atom. The van der Waals surface area contributed by atoms with Crippen LogP contribution >= 0.6 is 11.3 Å². The summed E-state index contributed by atoms with van der Waals surface area (Å²) < 4.78 is 66.5. The first kappa shape index (κ1) is 76.6. The number of para-hydroxylation sites is 1. The molecule has 10 N–H and O–H groups in total. The van der Waals surface area contributed by atoms with Gasteiger partial charge in [0.1, 0.15) is 54.5 Å². The molecule has 3 unspecified atom stereocenters. The smallest absolute Gasteiger partial charge is 0.409 e. The number of carbonyl (C=O) groups is 7. The number of rotatable bonds is 32. The molecule has 0 radical (unpaired) electrons. The Hall–Kier alpha value is -9.03. The Kier molecular flexibility index (Phi) is 22.7. The van der Waals surface area contributed by atoms with Gasteiger partial charge in [0.05, 0.1) is 41.0 Å². The number of imide groups is 1. The lowest BCUT2D eigenvalue weighted by Crippen LogP contribution is -2.64. The van der Waals surface area contributed by atoms with Gasteiger partial charge in [-0.05, 0) is 147 Å². The van der Waals surface area contributed by atoms with Crippen LogP contribution in [-0.4, -0.2) is 216 Å². The van der Waals surface area contributed by atoms with Gasteiger partial charge in [0.15, 0.2) is 16.9 Å². The Morgan fingerprint density at radius 1 is 0.849 bits per heavy atom. The molecule has 106 heavy (non-hydrogen) atoms. The van der Waals surface area contributed by atoms with Crippen molar-refractivity contribution in [2.45, 2.75) is 166 Å². The minimum Gasteiger partial charge on any atom is -0.493 e. The van der Waals surface area contributed by atoms with Crippen molar-refractivity contribution >= 4 is 84.3 Å². The number of hydrogen-bond donors (Lipinski definition) is 10. The number of likely N-dealkylation sites (N-methyl/N-ethyl adjacent to an activating group) is 1. The minimum absolute atomic E-state index is 0.0463. The van der Waals surface area contributed by atoms with Crippen molar-refractivity contribution in [1.29, 1.82) is 0 Å². The number of aromatic nitrogens is 4. The van der Waals surface area contributed by atoms with E-state index in [1.807, 2.05) is 59.0 Å². The fraction of sp³-hybridized carbons (Fsp3) is 0.507. The van der Waals surface area contributed by atoms with Crippen molar-refractivity contribution in [3.8, 4) is 22.6 Å². The van der Waals surface area contributed by atoms with Crippen LogP contribution in [0.2, 0.25) is 0 Å². The fourth-order valence-electron chi connectivity index (χ4n) is 17.1. The van der Waals surface area contributed by atoms with Gasteiger partial charge in [-0.1, -0.05) is 55.9 Å². The highest BCUT2D eigenvalue weighted by Gasteiger charge is 2.66. The number of unbranched alkanes of at least 4 members (excludes halogenated alkanes) is 2. The van der Waals surface area contributed by atoms with E-state index in [0.717, 1.165) is 70.5 Å². The number of pyridine rings is 1. The van der Waals surface area contributed by atoms with Crippen LogP contribution in [0.3, 0.4) is 0 Å². The average Bonchev–Trinajstić information content (AvgIpc) is 0.881. The Morgan fingerprint density at radius 3 is 2.33 bits per heavy atom. The zero-order valence-corrected chi connectivity index (χ0v) is 60.7. The summed E-state index contributed by atoms with van der Waals surface area (Å²) in [5.41, 5.74) is 4.27. The molecule has 4 saturated carbocycles. The highest BCUT2D eigenvalue weighted by molar-refractivity contribution is 7.85. The molecular formula is C73H88N10O21S2. The Bertz CT molecular complexity index is 4420. The van der Waals surface area contributed by atoms with Crippen molar-refractivity contribution in [1.82, 2.24) is 40.2 Å². The lowest BCUT2D eigenvalue weighted by atomic mass is 9.39. The topological polar surface area (TPSA) is 431 Å². The second-order valence-corrected chi connectivity index (χ2v) is 32.1. The van der Waals surface area contributed by atoms with Crippen LogP contribution in [0.5, 0.6) is 11.5 Å². The summed E-state index contributed by atoms with van der Waals surface area (Å²) in [5.74, 6) is -5.48. The molecule has 3 aromatic carbocycles. The molecule has 4 aliphatic carbocycles. The Labute approximate surface area is 614 Å². The monoisotopic (exact) mass is 1500 g/mol. The summed E-state index contributed by atoms with van der Waals surface area (Å²) in [4.78, 5) is 104. The molecule has 31 nitrogen and oxygen atoms in total. The maximum absolute atomic E-state index is 13.8. The second kappa shape index (κ2) is 31.4. The van der Waals surface area contributed by atoms with Crippen LogP contribution in [0.4, 0.5) is 15.7 Å². The zero-order valence-electron chi connectivity index (χ0n) is 59.1. The Balaban J connectivity index is 0.661. The van der Waals surface area contributed by atoms with Gasteiger partial charge >= 0.3 is 18.0 Å². The summed E-state index contributed by atoms with van der Waals surface area (Å²) in [6.45, 7) is 7.88. The van der Waals surface area contributed by atoms with Gasteiger partial charge in [0.2, 0.25) is 12.2 Å². The number of hydrogen-bond acceptors (Lipinski definition) is 24. The van der Waals surface area contributed by atoms with Crippen molar-refractivity contribution < 1.29 is 101 Å². The maximum Gasteiger partial charge on any atom is 0.409 e. The highest BCUT2D eigenvalue weighted by atomic mass is 32.2. The lowest BCUT2D eigenvalue weighted by molar-refractivity contribution is -0.271. The van der Waals surface area contributed by atoms with E-state index in [-0.39, 0.29) is 97.2 Å². The SMILES string of the molecule is Cc1c(-c2ccc(N3CCc4cccc(C(=O)Nc5nc6ccccc6s5)c4C3)nc2C(=O)O)cnn1CC12CC3(C)CC(C)(C1)CC(OCCN(C)C(=O)OCc1ccc(O[C@@H]4O[C@H](C(=O)O)[C@@H](O)[C@H](O)[C@H]4O)cc1OCCCNC(=O)[C@H](CS(=O)(=O)O)NC(O)CCCCCN1C(=O)C=CC1=O)(C3)C2. The van der Waals surface area contributed by atoms with Crippen LogP contribution in [0.15, 0.2) is 91.1 Å². The summed E-state index contributed by atoms with van der Waals surface area (Å²) in [5, 5.41) is 76.0. The summed E-state index contributed by atoms with van der Waals surface area (Å²) in [7, 11) is -3.16. The largest absolute Gasteiger partial charge is 0.493 e. The molecule has 5 amide bonds. The van der Waals surface area contributed by atoms with Crippen molar-refractivity contribution in [3.05, 3.63) is 125 Å². The van der Waals surface area contributed by atoms with Crippen LogP contribution < -0.4 is 30.3 Å². The van der Waals surface area contributed by atoms with E-state index in [4.69, 9.17) is 33.8 Å². The normalized spacial score (nSPS) is 25.1. The first-order chi connectivity index (χ1) is 50.4. The standard InChI is InChI=1S/C73H88N10O21S2/c1-42-48(46-19-20-54(78-58(46)65(92)93)81-26-23-43-12-10-13-47(49(43)32-81)63(90)79-68-77-50-14-7-8-15-53(50)105-68)31-75-83(42)41-72-36-70(2)35-71(3,37-72)39-73(38-70,40-72)102-29-27-80(4)69(96)101-33-44-17-18-45(103-67-61(89)59(87)60(88)62(104-67)66(94)95)30-52(44)100-28-11-24-74-64(91)51(34-106(97,98)99)76-55(84)16-6-5-9-25-82-56(85)21-22-57(82)86/h7-8,10,12-15,17-22,30-31,51,55,59-62,67,76,84,87-89H,5-6,9,11,16,23-29,32-41H2,1-4H3,(H,74,91)(H,92,93)(H,94,95)(H,77,79,90)(H,97,98,99)/t51-,55?,59-,60-,61+,62-,67+,70?,71?,72?,73?/m0/s1. The highest BCUT2D eigenvalue weighted by Crippen LogP contribution is 2.72. The van der Waals surface area contributed by atoms with Crippen molar-refractivity contribution in [3.63, 3.8) is 0 Å². The predicted molar refractivity (Wildman–Crippen MR) is 382 cm³/mol. The van der Waals surface area contributed by atoms with Gasteiger partial charge in [0, 0.05) is 92.5 Å². The molecule has 4 bridgehead atoms. The zero-order chi connectivity index (χ0) is 75.6. The maximum atomic E-state index is 13.8. The number of carbonyl (C=O) groups excluding carboxylic acids is 5. The number of benzene rings is 3. The number of aromatic carboxylic acids is 1. The predicted octanol–water partition coefficient (Wildman–Crippen LogP) is 5.59. The van der Waals surface area contributed by atoms with E-state index in [0.29, 0.717) is 73.0 Å². The van der Waals surface area contributed by atoms with Crippen LogP contribution in [0.1, 0.15) is 128 Å². The summed E-state index contributed by atoms with van der Waals surface area (Å²) in [6.07, 6.45) is -0.436. The van der Waals surface area contributed by atoms with Gasteiger partial charge < -0.3 is 69.4 Å².